The lowest BCUT2D eigenvalue weighted by atomic mass is 10.3. The molecular formula is C15H16N4OS. The van der Waals surface area contributed by atoms with Crippen LogP contribution in [0.3, 0.4) is 0 Å². The molecule has 2 N–H and O–H groups in total. The summed E-state index contributed by atoms with van der Waals surface area (Å²) >= 11 is 5.21. The lowest BCUT2D eigenvalue weighted by molar-refractivity contribution is 0.417. The van der Waals surface area contributed by atoms with Crippen LogP contribution in [-0.4, -0.2) is 22.9 Å². The van der Waals surface area contributed by atoms with Gasteiger partial charge in [0.05, 0.1) is 24.2 Å². The summed E-state index contributed by atoms with van der Waals surface area (Å²) in [4.78, 5) is 4.21. The van der Waals surface area contributed by atoms with Crippen LogP contribution in [0.1, 0.15) is 12.6 Å². The van der Waals surface area contributed by atoms with Crippen molar-refractivity contribution in [3.8, 4) is 5.75 Å². The molecule has 108 valence electrons. The molecule has 0 saturated heterocycles. The van der Waals surface area contributed by atoms with Crippen molar-refractivity contribution in [1.29, 1.82) is 0 Å². The van der Waals surface area contributed by atoms with Gasteiger partial charge >= 0.3 is 0 Å². The van der Waals surface area contributed by atoms with E-state index in [1.54, 1.807) is 13.3 Å². The predicted molar refractivity (Wildman–Crippen MR) is 88.8 cm³/mol. The van der Waals surface area contributed by atoms with Gasteiger partial charge < -0.3 is 10.1 Å². The number of thiocarbonyl (C=S) groups is 1. The first-order chi connectivity index (χ1) is 10.2. The van der Waals surface area contributed by atoms with Crippen LogP contribution in [-0.2, 0) is 0 Å². The third kappa shape index (κ3) is 4.25. The fourth-order valence-corrected chi connectivity index (χ4v) is 1.82. The second kappa shape index (κ2) is 7.35. The summed E-state index contributed by atoms with van der Waals surface area (Å²) in [6.07, 6.45) is 1.72. The molecule has 1 heterocycles. The number of hydrazone groups is 1. The number of methoxy groups -OCH3 is 1. The summed E-state index contributed by atoms with van der Waals surface area (Å²) in [7, 11) is 1.61. The maximum Gasteiger partial charge on any atom is 0.191 e. The predicted octanol–water partition coefficient (Wildman–Crippen LogP) is 2.80. The highest BCUT2D eigenvalue weighted by Gasteiger charge is 2.03. The van der Waals surface area contributed by atoms with Gasteiger partial charge in [-0.25, -0.2) is 0 Å². The van der Waals surface area contributed by atoms with Crippen LogP contribution < -0.4 is 15.5 Å². The molecule has 0 bridgehead atoms. The summed E-state index contributed by atoms with van der Waals surface area (Å²) in [5.41, 5.74) is 5.12. The van der Waals surface area contributed by atoms with E-state index < -0.39 is 0 Å². The van der Waals surface area contributed by atoms with Gasteiger partial charge in [-0.1, -0.05) is 18.2 Å². The van der Waals surface area contributed by atoms with Gasteiger partial charge in [0, 0.05) is 6.20 Å². The summed E-state index contributed by atoms with van der Waals surface area (Å²) < 4.78 is 5.25. The molecule has 0 aliphatic carbocycles. The summed E-state index contributed by atoms with van der Waals surface area (Å²) in [6, 6.07) is 13.2. The van der Waals surface area contributed by atoms with Crippen molar-refractivity contribution in [2.75, 3.05) is 12.4 Å². The van der Waals surface area contributed by atoms with E-state index in [1.165, 1.54) is 0 Å². The van der Waals surface area contributed by atoms with Gasteiger partial charge in [-0.15, -0.1) is 0 Å². The van der Waals surface area contributed by atoms with Crippen molar-refractivity contribution in [3.05, 3.63) is 54.4 Å². The van der Waals surface area contributed by atoms with Gasteiger partial charge in [-0.05, 0) is 43.4 Å². The van der Waals surface area contributed by atoms with Gasteiger partial charge in [0.25, 0.3) is 0 Å². The number of para-hydroxylation sites is 2. The van der Waals surface area contributed by atoms with Crippen molar-refractivity contribution >= 4 is 28.7 Å². The molecule has 2 aromatic rings. The van der Waals surface area contributed by atoms with E-state index in [0.29, 0.717) is 10.9 Å². The smallest absolute Gasteiger partial charge is 0.191 e. The van der Waals surface area contributed by atoms with E-state index in [1.807, 2.05) is 49.4 Å². The number of nitrogens with one attached hydrogen (secondary N) is 2. The standard InChI is InChI=1S/C15H16N4OS/c1-11(12-7-5-6-10-16-12)18-19-15(21)17-13-8-3-4-9-14(13)20-2/h3-10H,1-2H3,(H2,17,19,21). The van der Waals surface area contributed by atoms with Crippen LogP contribution in [0.15, 0.2) is 53.8 Å². The van der Waals surface area contributed by atoms with Gasteiger partial charge in [0.15, 0.2) is 5.11 Å². The first-order valence-electron chi connectivity index (χ1n) is 6.36. The van der Waals surface area contributed by atoms with Crippen LogP contribution in [0.5, 0.6) is 5.75 Å². The molecular weight excluding hydrogens is 284 g/mol. The first kappa shape index (κ1) is 14.9. The number of anilines is 1. The number of rotatable bonds is 4. The number of ether oxygens (including phenoxy) is 1. The van der Waals surface area contributed by atoms with Crippen LogP contribution in [0, 0.1) is 0 Å². The van der Waals surface area contributed by atoms with Crippen molar-refractivity contribution < 1.29 is 4.74 Å². The topological polar surface area (TPSA) is 58.5 Å². The summed E-state index contributed by atoms with van der Waals surface area (Å²) in [5.74, 6) is 0.715. The number of benzene rings is 1. The average Bonchev–Trinajstić information content (AvgIpc) is 2.54. The Hall–Kier alpha value is -2.47. The van der Waals surface area contributed by atoms with E-state index in [-0.39, 0.29) is 0 Å². The summed E-state index contributed by atoms with van der Waals surface area (Å²) in [5, 5.41) is 7.63. The Morgan fingerprint density at radius 2 is 1.95 bits per heavy atom. The molecule has 21 heavy (non-hydrogen) atoms. The Kier molecular flexibility index (Phi) is 5.22. The maximum absolute atomic E-state index is 5.25. The molecule has 2 rings (SSSR count). The molecule has 6 heteroatoms. The minimum Gasteiger partial charge on any atom is -0.495 e. The maximum atomic E-state index is 5.25. The van der Waals surface area contributed by atoms with Gasteiger partial charge in [-0.2, -0.15) is 5.10 Å². The number of hydrogen-bond donors (Lipinski definition) is 2. The highest BCUT2D eigenvalue weighted by atomic mass is 32.1. The van der Waals surface area contributed by atoms with E-state index in [9.17, 15) is 0 Å². The van der Waals surface area contributed by atoms with E-state index >= 15 is 0 Å². The van der Waals surface area contributed by atoms with E-state index in [0.717, 1.165) is 17.1 Å². The lowest BCUT2D eigenvalue weighted by Gasteiger charge is -2.11. The van der Waals surface area contributed by atoms with Gasteiger partial charge in [0.2, 0.25) is 0 Å². The third-order valence-corrected chi connectivity index (χ3v) is 2.91. The van der Waals surface area contributed by atoms with Crippen molar-refractivity contribution in [1.82, 2.24) is 10.4 Å². The van der Waals surface area contributed by atoms with Crippen LogP contribution in [0.2, 0.25) is 0 Å². The molecule has 0 radical (unpaired) electrons. The average molecular weight is 300 g/mol. The van der Waals surface area contributed by atoms with Gasteiger partial charge in [-0.3, -0.25) is 10.4 Å². The van der Waals surface area contributed by atoms with Crippen molar-refractivity contribution in [2.45, 2.75) is 6.92 Å². The first-order valence-corrected chi connectivity index (χ1v) is 6.77. The molecule has 0 spiro atoms. The number of pyridine rings is 1. The zero-order valence-corrected chi connectivity index (χ0v) is 12.6. The van der Waals surface area contributed by atoms with Crippen LogP contribution >= 0.6 is 12.2 Å². The molecule has 0 unspecified atom stereocenters. The SMILES string of the molecule is COc1ccccc1NC(=S)NN=C(C)c1ccccn1. The Morgan fingerprint density at radius 1 is 1.19 bits per heavy atom. The van der Waals surface area contributed by atoms with Crippen molar-refractivity contribution in [3.63, 3.8) is 0 Å². The molecule has 0 aliphatic heterocycles. The molecule has 1 aromatic heterocycles. The largest absolute Gasteiger partial charge is 0.495 e. The fourth-order valence-electron chi connectivity index (χ4n) is 1.67. The number of aromatic nitrogens is 1. The van der Waals surface area contributed by atoms with E-state index in [4.69, 9.17) is 17.0 Å². The Bertz CT molecular complexity index is 643. The number of nitrogens with zero attached hydrogens (tertiary/aromatic N) is 2. The molecule has 0 aliphatic rings. The molecule has 0 atom stereocenters. The normalized spacial score (nSPS) is 10.9. The monoisotopic (exact) mass is 300 g/mol. The zero-order chi connectivity index (χ0) is 15.1. The van der Waals surface area contributed by atoms with Crippen LogP contribution in [0.25, 0.3) is 0 Å². The lowest BCUT2D eigenvalue weighted by Crippen LogP contribution is -2.25. The zero-order valence-electron chi connectivity index (χ0n) is 11.8. The molecule has 0 fully saturated rings. The second-order valence-electron chi connectivity index (χ2n) is 4.18. The molecule has 0 amide bonds. The summed E-state index contributed by atoms with van der Waals surface area (Å²) in [6.45, 7) is 1.86. The molecule has 1 aromatic carbocycles. The van der Waals surface area contributed by atoms with Gasteiger partial charge in [0.1, 0.15) is 5.75 Å². The Labute approximate surface area is 129 Å². The molecule has 0 saturated carbocycles. The minimum atomic E-state index is 0.384. The second-order valence-corrected chi connectivity index (χ2v) is 4.59. The third-order valence-electron chi connectivity index (χ3n) is 2.72. The van der Waals surface area contributed by atoms with Crippen molar-refractivity contribution in [2.24, 2.45) is 5.10 Å². The molecule has 5 nitrogen and oxygen atoms in total. The van der Waals surface area contributed by atoms with Crippen LogP contribution in [0.4, 0.5) is 5.69 Å². The Balaban J connectivity index is 1.99. The van der Waals surface area contributed by atoms with E-state index in [2.05, 4.69) is 20.8 Å². The highest BCUT2D eigenvalue weighted by molar-refractivity contribution is 7.80. The fraction of sp³-hybridized carbons (Fsp3) is 0.133. The minimum absolute atomic E-state index is 0.384. The number of hydrogen-bond acceptors (Lipinski definition) is 4. The quantitative estimate of drug-likeness (QED) is 0.516. The highest BCUT2D eigenvalue weighted by Crippen LogP contribution is 2.22. The Morgan fingerprint density at radius 3 is 2.67 bits per heavy atom.